The molecule has 1 rings (SSSR count). The van der Waals surface area contributed by atoms with Gasteiger partial charge in [-0.1, -0.05) is 104 Å². The lowest BCUT2D eigenvalue weighted by Crippen LogP contribution is -2.45. The Kier molecular flexibility index (Phi) is 16.3. The van der Waals surface area contributed by atoms with Gasteiger partial charge in [0.15, 0.2) is 0 Å². The SMILES string of the molecule is CCCCCCCCCCCCCCCCOC(=O)C(NC(=O)c1ccc(F)cc1)C(C)C. The third-order valence-corrected chi connectivity index (χ3v) is 6.06. The number of benzene rings is 1. The van der Waals surface area contributed by atoms with Crippen LogP contribution in [0.1, 0.15) is 121 Å². The van der Waals surface area contributed by atoms with Crippen LogP contribution in [0.2, 0.25) is 0 Å². The number of amides is 1. The lowest BCUT2D eigenvalue weighted by atomic mass is 10.0. The van der Waals surface area contributed by atoms with Gasteiger partial charge < -0.3 is 10.1 Å². The molecule has 5 heteroatoms. The number of carbonyl (C=O) groups excluding carboxylic acids is 2. The second kappa shape index (κ2) is 18.5. The van der Waals surface area contributed by atoms with Crippen LogP contribution in [-0.4, -0.2) is 24.5 Å². The van der Waals surface area contributed by atoms with E-state index in [0.29, 0.717) is 12.2 Å². The van der Waals surface area contributed by atoms with Crippen LogP contribution in [0.25, 0.3) is 0 Å². The maximum atomic E-state index is 13.0. The monoisotopic (exact) mass is 463 g/mol. The molecule has 4 nitrogen and oxygen atoms in total. The molecule has 1 amide bonds. The van der Waals surface area contributed by atoms with E-state index in [-0.39, 0.29) is 5.92 Å². The van der Waals surface area contributed by atoms with E-state index < -0.39 is 23.7 Å². The molecule has 0 saturated heterocycles. The number of ether oxygens (including phenoxy) is 1. The molecule has 0 saturated carbocycles. The highest BCUT2D eigenvalue weighted by Crippen LogP contribution is 2.13. The fourth-order valence-corrected chi connectivity index (χ4v) is 3.88. The van der Waals surface area contributed by atoms with E-state index in [1.54, 1.807) is 0 Å². The largest absolute Gasteiger partial charge is 0.464 e. The summed E-state index contributed by atoms with van der Waals surface area (Å²) in [6.45, 7) is 6.37. The van der Waals surface area contributed by atoms with Crippen LogP contribution in [0.15, 0.2) is 24.3 Å². The Morgan fingerprint density at radius 2 is 1.24 bits per heavy atom. The van der Waals surface area contributed by atoms with E-state index in [4.69, 9.17) is 4.74 Å². The van der Waals surface area contributed by atoms with Gasteiger partial charge in [-0.05, 0) is 36.6 Å². The number of halogens is 1. The molecule has 0 spiro atoms. The van der Waals surface area contributed by atoms with Crippen molar-refractivity contribution in [3.8, 4) is 0 Å². The van der Waals surface area contributed by atoms with Crippen LogP contribution >= 0.6 is 0 Å². The zero-order chi connectivity index (χ0) is 24.3. The summed E-state index contributed by atoms with van der Waals surface area (Å²) < 4.78 is 18.5. The van der Waals surface area contributed by atoms with Crippen molar-refractivity contribution < 1.29 is 18.7 Å². The van der Waals surface area contributed by atoms with Crippen LogP contribution in [-0.2, 0) is 9.53 Å². The lowest BCUT2D eigenvalue weighted by molar-refractivity contribution is -0.147. The Morgan fingerprint density at radius 1 is 0.788 bits per heavy atom. The van der Waals surface area contributed by atoms with Crippen molar-refractivity contribution >= 4 is 11.9 Å². The van der Waals surface area contributed by atoms with E-state index in [1.807, 2.05) is 13.8 Å². The van der Waals surface area contributed by atoms with Crippen LogP contribution in [0.3, 0.4) is 0 Å². The van der Waals surface area contributed by atoms with Crippen LogP contribution in [0, 0.1) is 11.7 Å². The molecular formula is C28H46FNO3. The fourth-order valence-electron chi connectivity index (χ4n) is 3.88. The predicted molar refractivity (Wildman–Crippen MR) is 134 cm³/mol. The van der Waals surface area contributed by atoms with Crippen molar-refractivity contribution in [2.75, 3.05) is 6.61 Å². The van der Waals surface area contributed by atoms with Crippen LogP contribution in [0.4, 0.5) is 4.39 Å². The molecule has 1 aromatic rings. The highest BCUT2D eigenvalue weighted by molar-refractivity contribution is 5.96. The smallest absolute Gasteiger partial charge is 0.328 e. The number of hydrogen-bond acceptors (Lipinski definition) is 3. The molecular weight excluding hydrogens is 417 g/mol. The summed E-state index contributed by atoms with van der Waals surface area (Å²) in [4.78, 5) is 24.8. The van der Waals surface area contributed by atoms with E-state index in [1.165, 1.54) is 101 Å². The Balaban J connectivity index is 2.08. The van der Waals surface area contributed by atoms with Gasteiger partial charge >= 0.3 is 5.97 Å². The van der Waals surface area contributed by atoms with Gasteiger partial charge in [0.05, 0.1) is 6.61 Å². The Labute approximate surface area is 201 Å². The highest BCUT2D eigenvalue weighted by Gasteiger charge is 2.26. The summed E-state index contributed by atoms with van der Waals surface area (Å²) >= 11 is 0. The molecule has 1 N–H and O–H groups in total. The number of hydrogen-bond donors (Lipinski definition) is 1. The van der Waals surface area contributed by atoms with Crippen molar-refractivity contribution in [3.63, 3.8) is 0 Å². The minimum atomic E-state index is -0.714. The topological polar surface area (TPSA) is 55.4 Å². The van der Waals surface area contributed by atoms with E-state index >= 15 is 0 Å². The normalized spacial score (nSPS) is 12.0. The molecule has 1 unspecified atom stereocenters. The number of carbonyl (C=O) groups is 2. The summed E-state index contributed by atoms with van der Waals surface area (Å²) in [7, 11) is 0. The minimum absolute atomic E-state index is 0.0989. The van der Waals surface area contributed by atoms with Crippen molar-refractivity contribution in [2.45, 2.75) is 117 Å². The van der Waals surface area contributed by atoms with Gasteiger partial charge in [0.25, 0.3) is 5.91 Å². The quantitative estimate of drug-likeness (QED) is 0.170. The number of esters is 1. The maximum absolute atomic E-state index is 13.0. The zero-order valence-electron chi connectivity index (χ0n) is 21.2. The van der Waals surface area contributed by atoms with Crippen LogP contribution < -0.4 is 5.32 Å². The van der Waals surface area contributed by atoms with Gasteiger partial charge in [-0.3, -0.25) is 4.79 Å². The zero-order valence-corrected chi connectivity index (χ0v) is 21.2. The molecule has 0 heterocycles. The first-order valence-electron chi connectivity index (χ1n) is 13.2. The molecule has 0 aromatic heterocycles. The molecule has 0 fully saturated rings. The molecule has 1 atom stereocenters. The van der Waals surface area contributed by atoms with E-state index in [9.17, 15) is 14.0 Å². The van der Waals surface area contributed by atoms with Crippen molar-refractivity contribution in [2.24, 2.45) is 5.92 Å². The number of nitrogens with one attached hydrogen (secondary N) is 1. The Hall–Kier alpha value is -1.91. The van der Waals surface area contributed by atoms with Gasteiger partial charge in [0.2, 0.25) is 0 Å². The average Bonchev–Trinajstić information content (AvgIpc) is 2.80. The minimum Gasteiger partial charge on any atom is -0.464 e. The van der Waals surface area contributed by atoms with Crippen molar-refractivity contribution in [3.05, 3.63) is 35.6 Å². The third-order valence-electron chi connectivity index (χ3n) is 6.06. The second-order valence-electron chi connectivity index (χ2n) is 9.47. The second-order valence-corrected chi connectivity index (χ2v) is 9.47. The number of rotatable bonds is 19. The summed E-state index contributed by atoms with van der Waals surface area (Å²) in [5.41, 5.74) is 0.321. The molecule has 0 radical (unpaired) electrons. The summed E-state index contributed by atoms with van der Waals surface area (Å²) in [6.07, 6.45) is 17.9. The standard InChI is InChI=1S/C28H46FNO3/c1-4-5-6-7-8-9-10-11-12-13-14-15-16-17-22-33-28(32)26(23(2)3)30-27(31)24-18-20-25(29)21-19-24/h18-21,23,26H,4-17,22H2,1-3H3,(H,30,31). The van der Waals surface area contributed by atoms with Gasteiger partial charge in [-0.2, -0.15) is 0 Å². The Bertz CT molecular complexity index is 645. The summed E-state index contributed by atoms with van der Waals surface area (Å²) in [5, 5.41) is 2.72. The highest BCUT2D eigenvalue weighted by atomic mass is 19.1. The van der Waals surface area contributed by atoms with Gasteiger partial charge in [0.1, 0.15) is 11.9 Å². The first-order valence-corrected chi connectivity index (χ1v) is 13.2. The summed E-state index contributed by atoms with van der Waals surface area (Å²) in [5.74, 6) is -1.31. The van der Waals surface area contributed by atoms with Crippen molar-refractivity contribution in [1.29, 1.82) is 0 Å². The van der Waals surface area contributed by atoms with Gasteiger partial charge in [-0.25, -0.2) is 9.18 Å². The van der Waals surface area contributed by atoms with E-state index in [2.05, 4.69) is 12.2 Å². The lowest BCUT2D eigenvalue weighted by Gasteiger charge is -2.21. The predicted octanol–water partition coefficient (Wildman–Crippen LogP) is 7.60. The van der Waals surface area contributed by atoms with E-state index in [0.717, 1.165) is 12.8 Å². The van der Waals surface area contributed by atoms with Crippen molar-refractivity contribution in [1.82, 2.24) is 5.32 Å². The average molecular weight is 464 g/mol. The first kappa shape index (κ1) is 29.1. The molecule has 0 aliphatic rings. The molecule has 0 aliphatic heterocycles. The molecule has 0 aliphatic carbocycles. The third kappa shape index (κ3) is 14.1. The maximum Gasteiger partial charge on any atom is 0.328 e. The molecule has 188 valence electrons. The first-order chi connectivity index (χ1) is 16.0. The van der Waals surface area contributed by atoms with Gasteiger partial charge in [0, 0.05) is 5.56 Å². The van der Waals surface area contributed by atoms with Crippen LogP contribution in [0.5, 0.6) is 0 Å². The number of unbranched alkanes of at least 4 members (excludes halogenated alkanes) is 13. The fraction of sp³-hybridized carbons (Fsp3) is 0.714. The molecule has 1 aromatic carbocycles. The molecule has 0 bridgehead atoms. The summed E-state index contributed by atoms with van der Waals surface area (Å²) in [6, 6.07) is 4.55. The van der Waals surface area contributed by atoms with Gasteiger partial charge in [-0.15, -0.1) is 0 Å². The molecule has 33 heavy (non-hydrogen) atoms. The Morgan fingerprint density at radius 3 is 1.70 bits per heavy atom.